The number of benzene rings is 2. The average Bonchev–Trinajstić information content (AvgIpc) is 2.61. The molecule has 2 aromatic rings. The van der Waals surface area contributed by atoms with Crippen LogP contribution in [0.1, 0.15) is 29.2 Å². The number of halogens is 2. The highest BCUT2D eigenvalue weighted by Crippen LogP contribution is 2.25. The molecule has 0 saturated heterocycles. The molecule has 1 N–H and O–H groups in total. The molecule has 146 valence electrons. The molecule has 0 aromatic heterocycles. The summed E-state index contributed by atoms with van der Waals surface area (Å²) in [5.74, 6) is 2.29. The van der Waals surface area contributed by atoms with E-state index in [4.69, 9.17) is 27.9 Å². The summed E-state index contributed by atoms with van der Waals surface area (Å²) in [5, 5.41) is 4.05. The van der Waals surface area contributed by atoms with Crippen molar-refractivity contribution in [3.05, 3.63) is 62.6 Å². The molecule has 0 aliphatic rings. The summed E-state index contributed by atoms with van der Waals surface area (Å²) in [6, 6.07) is 9.71. The summed E-state index contributed by atoms with van der Waals surface area (Å²) >= 11 is 13.7. The van der Waals surface area contributed by atoms with Crippen molar-refractivity contribution in [3.63, 3.8) is 0 Å². The third-order valence-corrected chi connectivity index (χ3v) is 6.00. The third-order valence-electron chi connectivity index (χ3n) is 4.24. The molecule has 27 heavy (non-hydrogen) atoms. The number of amides is 1. The maximum Gasteiger partial charge on any atom is 0.260 e. The van der Waals surface area contributed by atoms with E-state index < -0.39 is 6.10 Å². The fraction of sp³-hybridized carbons (Fsp3) is 0.381. The van der Waals surface area contributed by atoms with Gasteiger partial charge in [0.1, 0.15) is 5.75 Å². The van der Waals surface area contributed by atoms with Crippen LogP contribution in [0.5, 0.6) is 5.75 Å². The van der Waals surface area contributed by atoms with Gasteiger partial charge in [-0.05, 0) is 68.1 Å². The molecule has 1 unspecified atom stereocenters. The SMILES string of the molecule is Cc1cc(C)c(C)c(OC(C)C(=O)NCCSCc2ccc(Cl)c(Cl)c2)c1. The number of carbonyl (C=O) groups is 1. The van der Waals surface area contributed by atoms with Gasteiger partial charge in [-0.3, -0.25) is 4.79 Å². The average molecular weight is 426 g/mol. The molecule has 1 atom stereocenters. The molecule has 0 aliphatic carbocycles. The first-order chi connectivity index (χ1) is 12.8. The van der Waals surface area contributed by atoms with Gasteiger partial charge in [0.2, 0.25) is 0 Å². The quantitative estimate of drug-likeness (QED) is 0.548. The van der Waals surface area contributed by atoms with E-state index in [9.17, 15) is 4.79 Å². The molecule has 0 heterocycles. The van der Waals surface area contributed by atoms with Gasteiger partial charge in [0, 0.05) is 18.1 Å². The third kappa shape index (κ3) is 6.63. The van der Waals surface area contributed by atoms with Crippen LogP contribution in [0.25, 0.3) is 0 Å². The molecular weight excluding hydrogens is 401 g/mol. The van der Waals surface area contributed by atoms with Crippen molar-refractivity contribution in [2.45, 2.75) is 39.6 Å². The van der Waals surface area contributed by atoms with Gasteiger partial charge in [0.25, 0.3) is 5.91 Å². The Labute approximate surface area is 175 Å². The maximum atomic E-state index is 12.3. The highest BCUT2D eigenvalue weighted by atomic mass is 35.5. The smallest absolute Gasteiger partial charge is 0.260 e. The number of rotatable bonds is 8. The number of ether oxygens (including phenoxy) is 1. The Hall–Kier alpha value is -1.36. The molecule has 0 aliphatic heterocycles. The number of thioether (sulfide) groups is 1. The first kappa shape index (κ1) is 21.9. The van der Waals surface area contributed by atoms with Crippen molar-refractivity contribution >= 4 is 40.9 Å². The monoisotopic (exact) mass is 425 g/mol. The summed E-state index contributed by atoms with van der Waals surface area (Å²) < 4.78 is 5.87. The first-order valence-corrected chi connectivity index (χ1v) is 10.7. The van der Waals surface area contributed by atoms with E-state index in [1.54, 1.807) is 24.8 Å². The van der Waals surface area contributed by atoms with Gasteiger partial charge in [0.05, 0.1) is 10.0 Å². The summed E-state index contributed by atoms with van der Waals surface area (Å²) in [4.78, 5) is 12.3. The second-order valence-electron chi connectivity index (χ2n) is 6.56. The minimum Gasteiger partial charge on any atom is -0.481 e. The van der Waals surface area contributed by atoms with Crippen molar-refractivity contribution in [1.82, 2.24) is 5.32 Å². The molecule has 0 saturated carbocycles. The lowest BCUT2D eigenvalue weighted by Gasteiger charge is -2.18. The Bertz CT molecular complexity index is 811. The number of carbonyl (C=O) groups excluding carboxylic acids is 1. The number of nitrogens with one attached hydrogen (secondary N) is 1. The lowest BCUT2D eigenvalue weighted by molar-refractivity contribution is -0.127. The lowest BCUT2D eigenvalue weighted by atomic mass is 10.1. The van der Waals surface area contributed by atoms with E-state index in [0.29, 0.717) is 16.6 Å². The Morgan fingerprint density at radius 1 is 1.15 bits per heavy atom. The van der Waals surface area contributed by atoms with Gasteiger partial charge in [0.15, 0.2) is 6.10 Å². The normalized spacial score (nSPS) is 11.9. The molecule has 2 rings (SSSR count). The fourth-order valence-corrected chi connectivity index (χ4v) is 3.70. The van der Waals surface area contributed by atoms with Crippen LogP contribution in [-0.4, -0.2) is 24.3 Å². The van der Waals surface area contributed by atoms with Crippen molar-refractivity contribution in [2.24, 2.45) is 0 Å². The van der Waals surface area contributed by atoms with Crippen LogP contribution in [0.15, 0.2) is 30.3 Å². The largest absolute Gasteiger partial charge is 0.481 e. The lowest BCUT2D eigenvalue weighted by Crippen LogP contribution is -2.37. The molecule has 2 aromatic carbocycles. The van der Waals surface area contributed by atoms with Gasteiger partial charge in [-0.15, -0.1) is 0 Å². The van der Waals surface area contributed by atoms with Crippen LogP contribution in [0.2, 0.25) is 10.0 Å². The molecule has 1 amide bonds. The summed E-state index contributed by atoms with van der Waals surface area (Å²) in [5.41, 5.74) is 4.47. The maximum absolute atomic E-state index is 12.3. The van der Waals surface area contributed by atoms with Crippen LogP contribution in [0.3, 0.4) is 0 Å². The van der Waals surface area contributed by atoms with Gasteiger partial charge < -0.3 is 10.1 Å². The summed E-state index contributed by atoms with van der Waals surface area (Å²) in [6.07, 6.45) is -0.537. The molecule has 0 fully saturated rings. The summed E-state index contributed by atoms with van der Waals surface area (Å²) in [6.45, 7) is 8.44. The Balaban J connectivity index is 1.74. The zero-order valence-corrected chi connectivity index (χ0v) is 18.4. The number of hydrogen-bond acceptors (Lipinski definition) is 3. The fourth-order valence-electron chi connectivity index (χ4n) is 2.58. The topological polar surface area (TPSA) is 38.3 Å². The highest BCUT2D eigenvalue weighted by Gasteiger charge is 2.16. The minimum absolute atomic E-state index is 0.108. The minimum atomic E-state index is -0.537. The van der Waals surface area contributed by atoms with Crippen molar-refractivity contribution in [3.8, 4) is 5.75 Å². The second-order valence-corrected chi connectivity index (χ2v) is 8.48. The predicted molar refractivity (Wildman–Crippen MR) is 116 cm³/mol. The van der Waals surface area contributed by atoms with Crippen molar-refractivity contribution in [2.75, 3.05) is 12.3 Å². The van der Waals surface area contributed by atoms with E-state index in [1.807, 2.05) is 39.0 Å². The molecule has 0 radical (unpaired) electrons. The van der Waals surface area contributed by atoms with Gasteiger partial charge in [-0.25, -0.2) is 0 Å². The van der Waals surface area contributed by atoms with Gasteiger partial charge in [-0.1, -0.05) is 35.3 Å². The number of hydrogen-bond donors (Lipinski definition) is 1. The van der Waals surface area contributed by atoms with E-state index in [-0.39, 0.29) is 5.91 Å². The van der Waals surface area contributed by atoms with Crippen molar-refractivity contribution < 1.29 is 9.53 Å². The number of aryl methyl sites for hydroxylation is 2. The van der Waals surface area contributed by atoms with Crippen LogP contribution in [0.4, 0.5) is 0 Å². The van der Waals surface area contributed by atoms with Crippen molar-refractivity contribution in [1.29, 1.82) is 0 Å². The molecule has 3 nitrogen and oxygen atoms in total. The van der Waals surface area contributed by atoms with E-state index in [1.165, 1.54) is 0 Å². The molecule has 0 spiro atoms. The standard InChI is InChI=1S/C21H25Cl2NO2S/c1-13-9-14(2)15(3)20(10-13)26-16(4)21(25)24-7-8-27-12-17-5-6-18(22)19(23)11-17/h5-6,9-11,16H,7-8,12H2,1-4H3,(H,24,25). The van der Waals surface area contributed by atoms with Crippen LogP contribution in [-0.2, 0) is 10.5 Å². The predicted octanol–water partition coefficient (Wildman–Crippen LogP) is 5.74. The Morgan fingerprint density at radius 3 is 2.59 bits per heavy atom. The van der Waals surface area contributed by atoms with E-state index in [0.717, 1.165) is 39.5 Å². The molecular formula is C21H25Cl2NO2S. The second kappa shape index (κ2) is 10.3. The summed E-state index contributed by atoms with van der Waals surface area (Å²) in [7, 11) is 0. The molecule has 0 bridgehead atoms. The zero-order chi connectivity index (χ0) is 20.0. The molecule has 6 heteroatoms. The van der Waals surface area contributed by atoms with E-state index in [2.05, 4.69) is 11.4 Å². The Morgan fingerprint density at radius 2 is 1.89 bits per heavy atom. The van der Waals surface area contributed by atoms with Crippen LogP contribution in [0, 0.1) is 20.8 Å². The van der Waals surface area contributed by atoms with Crippen LogP contribution < -0.4 is 10.1 Å². The first-order valence-electron chi connectivity index (χ1n) is 8.82. The van der Waals surface area contributed by atoms with E-state index >= 15 is 0 Å². The van der Waals surface area contributed by atoms with Gasteiger partial charge >= 0.3 is 0 Å². The van der Waals surface area contributed by atoms with Crippen LogP contribution >= 0.6 is 35.0 Å². The highest BCUT2D eigenvalue weighted by molar-refractivity contribution is 7.98. The zero-order valence-electron chi connectivity index (χ0n) is 16.1. The van der Waals surface area contributed by atoms with Gasteiger partial charge in [-0.2, -0.15) is 11.8 Å². The Kier molecular flexibility index (Phi) is 8.33.